The summed E-state index contributed by atoms with van der Waals surface area (Å²) >= 11 is 0. The second-order valence-electron chi connectivity index (χ2n) is 8.46. The monoisotopic (exact) mass is 437 g/mol. The molecule has 168 valence electrons. The van der Waals surface area contributed by atoms with Crippen LogP contribution in [0, 0.1) is 11.6 Å². The van der Waals surface area contributed by atoms with E-state index in [2.05, 4.69) is 5.32 Å². The number of carbonyl (C=O) groups excluding carboxylic acids is 1. The number of carbonyl (C=O) groups is 2. The van der Waals surface area contributed by atoms with Gasteiger partial charge in [0.2, 0.25) is 5.43 Å². The van der Waals surface area contributed by atoms with Gasteiger partial charge in [-0.25, -0.2) is 18.4 Å². The number of nitrogens with one attached hydrogen (secondary N) is 1. The van der Waals surface area contributed by atoms with Gasteiger partial charge in [-0.1, -0.05) is 0 Å². The first-order valence-corrected chi connectivity index (χ1v) is 9.95. The topological polar surface area (TPSA) is 101 Å². The fourth-order valence-corrected chi connectivity index (χ4v) is 3.72. The van der Waals surface area contributed by atoms with Crippen molar-refractivity contribution in [1.29, 1.82) is 0 Å². The van der Waals surface area contributed by atoms with Crippen molar-refractivity contribution in [2.45, 2.75) is 52.3 Å². The summed E-state index contributed by atoms with van der Waals surface area (Å²) < 4.78 is 36.9. The summed E-state index contributed by atoms with van der Waals surface area (Å²) in [5.41, 5.74) is -2.63. The predicted octanol–water partition coefficient (Wildman–Crippen LogP) is 3.10. The Hall–Kier alpha value is -3.17. The Morgan fingerprint density at radius 1 is 1.32 bits per heavy atom. The molecular weight excluding hydrogens is 412 g/mol. The lowest BCUT2D eigenvalue weighted by Crippen LogP contribution is -2.40. The fraction of sp³-hybridized carbons (Fsp3) is 0.476. The Balaban J connectivity index is 1.97. The molecule has 0 radical (unpaired) electrons. The maximum absolute atomic E-state index is 15.5. The zero-order valence-electron chi connectivity index (χ0n) is 17.8. The minimum absolute atomic E-state index is 0.155. The number of hydrogen-bond acceptors (Lipinski definition) is 5. The van der Waals surface area contributed by atoms with E-state index in [1.807, 2.05) is 0 Å². The number of hydrogen-bond donors (Lipinski definition) is 2. The Morgan fingerprint density at radius 2 is 2.00 bits per heavy atom. The minimum Gasteiger partial charge on any atom is -0.477 e. The maximum Gasteiger partial charge on any atom is 0.407 e. The standard InChI is InChI=1S/C21H25F2N3O5/c1-5-25-10-13(19(28)29)18(27)12-8-14(22)17(15(23)16(12)25)26-7-6-11(9-26)24-20(30)31-21(2,3)4/h8,10-11H,5-7,9H2,1-4H3,(H,24,30)(H,28,29). The average molecular weight is 437 g/mol. The molecule has 1 atom stereocenters. The summed E-state index contributed by atoms with van der Waals surface area (Å²) in [6.07, 6.45) is 0.906. The van der Waals surface area contributed by atoms with E-state index in [4.69, 9.17) is 4.74 Å². The number of nitrogens with zero attached hydrogens (tertiary/aromatic N) is 2. The number of fused-ring (bicyclic) bond motifs is 1. The molecule has 2 N–H and O–H groups in total. The molecule has 31 heavy (non-hydrogen) atoms. The lowest BCUT2D eigenvalue weighted by atomic mass is 10.1. The molecular formula is C21H25F2N3O5. The molecule has 1 aliphatic rings. The van der Waals surface area contributed by atoms with Crippen molar-refractivity contribution in [2.24, 2.45) is 0 Å². The van der Waals surface area contributed by atoms with Crippen LogP contribution in [0.4, 0.5) is 19.3 Å². The number of carboxylic acids is 1. The van der Waals surface area contributed by atoms with E-state index in [0.717, 1.165) is 12.3 Å². The van der Waals surface area contributed by atoms with Crippen LogP contribution in [0.3, 0.4) is 0 Å². The van der Waals surface area contributed by atoms with Gasteiger partial charge in [0, 0.05) is 25.8 Å². The number of aromatic nitrogens is 1. The van der Waals surface area contributed by atoms with Crippen LogP contribution in [0.25, 0.3) is 10.9 Å². The normalized spacial score (nSPS) is 16.6. The summed E-state index contributed by atoms with van der Waals surface area (Å²) in [4.78, 5) is 37.2. The number of alkyl carbamates (subject to hydrolysis) is 1. The third-order valence-corrected chi connectivity index (χ3v) is 5.03. The van der Waals surface area contributed by atoms with Crippen LogP contribution in [0.2, 0.25) is 0 Å². The van der Waals surface area contributed by atoms with Gasteiger partial charge in [0.05, 0.1) is 16.9 Å². The first-order chi connectivity index (χ1) is 14.4. The predicted molar refractivity (Wildman–Crippen MR) is 111 cm³/mol. The van der Waals surface area contributed by atoms with Gasteiger partial charge in [-0.05, 0) is 40.2 Å². The number of pyridine rings is 1. The molecule has 1 saturated heterocycles. The molecule has 1 aromatic carbocycles. The molecule has 10 heteroatoms. The molecule has 0 saturated carbocycles. The van der Waals surface area contributed by atoms with Gasteiger partial charge in [-0.2, -0.15) is 0 Å². The lowest BCUT2D eigenvalue weighted by Gasteiger charge is -2.23. The molecule has 1 unspecified atom stereocenters. The van der Waals surface area contributed by atoms with E-state index in [1.165, 1.54) is 9.47 Å². The van der Waals surface area contributed by atoms with Crippen molar-refractivity contribution >= 4 is 28.7 Å². The van der Waals surface area contributed by atoms with Gasteiger partial charge in [-0.3, -0.25) is 4.79 Å². The van der Waals surface area contributed by atoms with E-state index in [-0.39, 0.29) is 42.3 Å². The minimum atomic E-state index is -1.46. The SMILES string of the molecule is CCn1cc(C(=O)O)c(=O)c2cc(F)c(N3CCC(NC(=O)OC(C)(C)C)C3)c(F)c21. The van der Waals surface area contributed by atoms with Gasteiger partial charge in [0.15, 0.2) is 5.82 Å². The van der Waals surface area contributed by atoms with Crippen molar-refractivity contribution in [3.63, 3.8) is 0 Å². The smallest absolute Gasteiger partial charge is 0.407 e. The number of amides is 1. The largest absolute Gasteiger partial charge is 0.477 e. The van der Waals surface area contributed by atoms with Gasteiger partial charge in [0.25, 0.3) is 0 Å². The zero-order chi connectivity index (χ0) is 23.1. The second kappa shape index (κ2) is 8.16. The van der Waals surface area contributed by atoms with E-state index >= 15 is 4.39 Å². The maximum atomic E-state index is 15.5. The molecule has 1 amide bonds. The summed E-state index contributed by atoms with van der Waals surface area (Å²) in [5.74, 6) is -3.37. The van der Waals surface area contributed by atoms with Crippen molar-refractivity contribution in [3.05, 3.63) is 39.7 Å². The third-order valence-electron chi connectivity index (χ3n) is 5.03. The van der Waals surface area contributed by atoms with Gasteiger partial charge >= 0.3 is 12.1 Å². The molecule has 2 heterocycles. The van der Waals surface area contributed by atoms with E-state index in [1.54, 1.807) is 27.7 Å². The van der Waals surface area contributed by atoms with E-state index in [9.17, 15) is 23.9 Å². The van der Waals surface area contributed by atoms with Crippen LogP contribution < -0.4 is 15.6 Å². The second-order valence-corrected chi connectivity index (χ2v) is 8.46. The summed E-state index contributed by atoms with van der Waals surface area (Å²) in [5, 5.41) is 11.6. The van der Waals surface area contributed by atoms with Crippen LogP contribution in [-0.4, -0.2) is 46.5 Å². The molecule has 1 aliphatic heterocycles. The third kappa shape index (κ3) is 4.47. The molecule has 2 aromatic rings. The van der Waals surface area contributed by atoms with Gasteiger partial charge < -0.3 is 24.6 Å². The molecule has 1 aromatic heterocycles. The van der Waals surface area contributed by atoms with Gasteiger partial charge in [0.1, 0.15) is 22.7 Å². The fourth-order valence-electron chi connectivity index (χ4n) is 3.72. The highest BCUT2D eigenvalue weighted by molar-refractivity contribution is 5.93. The quantitative estimate of drug-likeness (QED) is 0.762. The number of benzene rings is 1. The lowest BCUT2D eigenvalue weighted by molar-refractivity contribution is 0.0508. The van der Waals surface area contributed by atoms with Crippen molar-refractivity contribution < 1.29 is 28.2 Å². The molecule has 3 rings (SSSR count). The Labute approximate surface area is 177 Å². The van der Waals surface area contributed by atoms with Crippen molar-refractivity contribution in [2.75, 3.05) is 18.0 Å². The number of rotatable bonds is 4. The number of carboxylic acid groups (broad SMARTS) is 1. The molecule has 8 nitrogen and oxygen atoms in total. The molecule has 0 bridgehead atoms. The van der Waals surface area contributed by atoms with Crippen LogP contribution >= 0.6 is 0 Å². The Kier molecular flexibility index (Phi) is 5.93. The van der Waals surface area contributed by atoms with Gasteiger partial charge in [-0.15, -0.1) is 0 Å². The Bertz CT molecular complexity index is 1110. The molecule has 0 spiro atoms. The van der Waals surface area contributed by atoms with Crippen LogP contribution in [-0.2, 0) is 11.3 Å². The first kappa shape index (κ1) is 22.5. The number of ether oxygens (including phenoxy) is 1. The first-order valence-electron chi connectivity index (χ1n) is 9.95. The summed E-state index contributed by atoms with van der Waals surface area (Å²) in [7, 11) is 0. The summed E-state index contributed by atoms with van der Waals surface area (Å²) in [6, 6.07) is 0.510. The summed E-state index contributed by atoms with van der Waals surface area (Å²) in [6.45, 7) is 7.48. The molecule has 0 aliphatic carbocycles. The van der Waals surface area contributed by atoms with Crippen LogP contribution in [0.15, 0.2) is 17.1 Å². The van der Waals surface area contributed by atoms with Crippen molar-refractivity contribution in [3.8, 4) is 0 Å². The molecule has 1 fully saturated rings. The van der Waals surface area contributed by atoms with Crippen LogP contribution in [0.1, 0.15) is 44.5 Å². The number of anilines is 1. The van der Waals surface area contributed by atoms with Crippen LogP contribution in [0.5, 0.6) is 0 Å². The highest BCUT2D eigenvalue weighted by Gasteiger charge is 2.31. The number of halogens is 2. The zero-order valence-corrected chi connectivity index (χ0v) is 17.8. The number of aromatic carboxylic acids is 1. The van der Waals surface area contributed by atoms with Crippen molar-refractivity contribution in [1.82, 2.24) is 9.88 Å². The highest BCUT2D eigenvalue weighted by Crippen LogP contribution is 2.32. The van der Waals surface area contributed by atoms with E-state index < -0.39 is 40.3 Å². The highest BCUT2D eigenvalue weighted by atomic mass is 19.1. The van der Waals surface area contributed by atoms with E-state index in [0.29, 0.717) is 6.42 Å². The Morgan fingerprint density at radius 3 is 2.58 bits per heavy atom. The average Bonchev–Trinajstić information content (AvgIpc) is 3.08. The number of aryl methyl sites for hydroxylation is 1.